The number of carbonyl (C=O) groups is 2. The normalized spacial score (nSPS) is 15.3. The van der Waals surface area contributed by atoms with E-state index in [2.05, 4.69) is 27.0 Å². The number of rotatable bonds is 5. The molecule has 2 heterocycles. The second-order valence-corrected chi connectivity index (χ2v) is 9.43. The van der Waals surface area contributed by atoms with Crippen molar-refractivity contribution in [2.24, 2.45) is 5.73 Å². The smallest absolute Gasteiger partial charge is 0.355 e. The van der Waals surface area contributed by atoms with Crippen LogP contribution in [-0.2, 0) is 19.1 Å². The Morgan fingerprint density at radius 3 is 2.44 bits per heavy atom. The van der Waals surface area contributed by atoms with E-state index in [0.717, 1.165) is 10.0 Å². The fourth-order valence-electron chi connectivity index (χ4n) is 4.58. The van der Waals surface area contributed by atoms with Crippen LogP contribution in [-0.4, -0.2) is 31.1 Å². The molecule has 4 aromatic rings. The summed E-state index contributed by atoms with van der Waals surface area (Å²) in [6.07, 6.45) is 0. The van der Waals surface area contributed by atoms with Crippen molar-refractivity contribution in [2.75, 3.05) is 19.1 Å². The van der Waals surface area contributed by atoms with E-state index in [-0.39, 0.29) is 22.7 Å². The highest BCUT2D eigenvalue weighted by molar-refractivity contribution is 9.10. The minimum absolute atomic E-state index is 0.0329. The molecule has 3 aromatic carbocycles. The zero-order valence-electron chi connectivity index (χ0n) is 20.8. The average Bonchev–Trinajstić information content (AvgIpc) is 3.39. The summed E-state index contributed by atoms with van der Waals surface area (Å²) in [6.45, 7) is 0. The third-order valence-electron chi connectivity index (χ3n) is 6.31. The zero-order chi connectivity index (χ0) is 27.7. The van der Waals surface area contributed by atoms with Gasteiger partial charge in [-0.25, -0.2) is 14.6 Å². The molecule has 1 aromatic heterocycles. The predicted molar refractivity (Wildman–Crippen MR) is 147 cm³/mol. The van der Waals surface area contributed by atoms with Gasteiger partial charge in [0.05, 0.1) is 43.0 Å². The number of nitriles is 1. The van der Waals surface area contributed by atoms with Gasteiger partial charge in [0.1, 0.15) is 17.0 Å². The molecule has 1 aliphatic rings. The van der Waals surface area contributed by atoms with Gasteiger partial charge in [0.15, 0.2) is 5.58 Å². The highest BCUT2D eigenvalue weighted by atomic mass is 79.9. The monoisotopic (exact) mass is 584 g/mol. The first-order valence-corrected chi connectivity index (χ1v) is 12.5. The Morgan fingerprint density at radius 1 is 1.03 bits per heavy atom. The third-order valence-corrected chi connectivity index (χ3v) is 6.80. The summed E-state index contributed by atoms with van der Waals surface area (Å²) >= 11 is 3.45. The van der Waals surface area contributed by atoms with Crippen LogP contribution in [0.5, 0.6) is 0 Å². The maximum Gasteiger partial charge on any atom is 0.355 e. The van der Waals surface area contributed by atoms with Crippen molar-refractivity contribution in [1.82, 2.24) is 4.98 Å². The molecule has 9 nitrogen and oxygen atoms in total. The number of hydrogen-bond acceptors (Lipinski definition) is 9. The van der Waals surface area contributed by atoms with E-state index in [1.807, 2.05) is 24.3 Å². The van der Waals surface area contributed by atoms with Crippen LogP contribution in [0.25, 0.3) is 22.6 Å². The van der Waals surface area contributed by atoms with E-state index in [4.69, 9.17) is 19.6 Å². The summed E-state index contributed by atoms with van der Waals surface area (Å²) in [7, 11) is 2.40. The lowest BCUT2D eigenvalue weighted by molar-refractivity contribution is -0.139. The molecule has 0 saturated carbocycles. The largest absolute Gasteiger partial charge is 0.466 e. The highest BCUT2D eigenvalue weighted by Crippen LogP contribution is 2.43. The Balaban J connectivity index is 1.74. The SMILES string of the molecule is COC(=O)C1=C(C(=O)OC)N(c2ccc3oc(-c4cccc(Br)c4)nc3c2)C(N)=C(C#N)C1c1ccccc1. The van der Waals surface area contributed by atoms with Crippen LogP contribution >= 0.6 is 15.9 Å². The molecule has 0 amide bonds. The first kappa shape index (κ1) is 25.8. The van der Waals surface area contributed by atoms with Crippen molar-refractivity contribution in [2.45, 2.75) is 5.92 Å². The van der Waals surface area contributed by atoms with E-state index in [1.165, 1.54) is 19.1 Å². The molecule has 5 rings (SSSR count). The van der Waals surface area contributed by atoms with Crippen molar-refractivity contribution in [3.8, 4) is 17.5 Å². The predicted octanol–water partition coefficient (Wildman–Crippen LogP) is 5.16. The van der Waals surface area contributed by atoms with Gasteiger partial charge in [0.2, 0.25) is 5.89 Å². The average molecular weight is 585 g/mol. The summed E-state index contributed by atoms with van der Waals surface area (Å²) in [5.74, 6) is -2.21. The molecule has 1 atom stereocenters. The molecule has 194 valence electrons. The molecule has 0 bridgehead atoms. The van der Waals surface area contributed by atoms with Gasteiger partial charge in [-0.3, -0.25) is 4.90 Å². The standard InChI is InChI=1S/C29H21BrN4O5/c1-37-28(35)24-23(16-7-4-3-5-8-16)20(15-31)26(32)34(25(24)29(36)38-2)19-11-12-22-21(14-19)33-27(39-22)17-9-6-10-18(30)13-17/h3-14,23H,32H2,1-2H3. The molecular formula is C29H21BrN4O5. The van der Waals surface area contributed by atoms with Crippen LogP contribution in [0.2, 0.25) is 0 Å². The number of benzene rings is 3. The number of aromatic nitrogens is 1. The highest BCUT2D eigenvalue weighted by Gasteiger charge is 2.43. The molecule has 0 aliphatic carbocycles. The van der Waals surface area contributed by atoms with Crippen LogP contribution < -0.4 is 10.6 Å². The van der Waals surface area contributed by atoms with Gasteiger partial charge >= 0.3 is 11.9 Å². The number of anilines is 1. The number of nitrogens with zero attached hydrogens (tertiary/aromatic N) is 3. The molecular weight excluding hydrogens is 564 g/mol. The summed E-state index contributed by atoms with van der Waals surface area (Å²) in [5.41, 5.74) is 9.11. The molecule has 0 saturated heterocycles. The van der Waals surface area contributed by atoms with Gasteiger partial charge in [-0.1, -0.05) is 52.3 Å². The number of oxazole rings is 1. The van der Waals surface area contributed by atoms with Gasteiger partial charge in [-0.15, -0.1) is 0 Å². The summed E-state index contributed by atoms with van der Waals surface area (Å²) in [6, 6.07) is 23.4. The van der Waals surface area contributed by atoms with E-state index in [1.54, 1.807) is 48.5 Å². The maximum atomic E-state index is 13.3. The minimum atomic E-state index is -0.951. The number of nitrogens with two attached hydrogens (primary N) is 1. The van der Waals surface area contributed by atoms with Crippen LogP contribution in [0.4, 0.5) is 5.69 Å². The number of esters is 2. The van der Waals surface area contributed by atoms with Gasteiger partial charge in [-0.2, -0.15) is 5.26 Å². The Bertz CT molecular complexity index is 1720. The molecule has 1 unspecified atom stereocenters. The fraction of sp³-hybridized carbons (Fsp3) is 0.103. The second-order valence-electron chi connectivity index (χ2n) is 8.52. The Hall–Kier alpha value is -4.88. The molecule has 39 heavy (non-hydrogen) atoms. The van der Waals surface area contributed by atoms with Crippen molar-refractivity contribution < 1.29 is 23.5 Å². The number of halogens is 1. The lowest BCUT2D eigenvalue weighted by atomic mass is 9.81. The summed E-state index contributed by atoms with van der Waals surface area (Å²) in [4.78, 5) is 32.4. The molecule has 10 heteroatoms. The fourth-order valence-corrected chi connectivity index (χ4v) is 4.98. The lowest BCUT2D eigenvalue weighted by Crippen LogP contribution is -2.40. The number of carbonyl (C=O) groups excluding carboxylic acids is 2. The van der Waals surface area contributed by atoms with Gasteiger partial charge < -0.3 is 19.6 Å². The second kappa shape index (κ2) is 10.5. The van der Waals surface area contributed by atoms with Crippen LogP contribution in [0.1, 0.15) is 11.5 Å². The molecule has 1 aliphatic heterocycles. The number of ether oxygens (including phenoxy) is 2. The zero-order valence-corrected chi connectivity index (χ0v) is 22.4. The molecule has 0 spiro atoms. The first-order valence-electron chi connectivity index (χ1n) is 11.7. The Morgan fingerprint density at radius 2 is 1.77 bits per heavy atom. The minimum Gasteiger partial charge on any atom is -0.466 e. The van der Waals surface area contributed by atoms with Gasteiger partial charge in [0.25, 0.3) is 0 Å². The van der Waals surface area contributed by atoms with Crippen LogP contribution in [0.3, 0.4) is 0 Å². The lowest BCUT2D eigenvalue weighted by Gasteiger charge is -2.35. The Labute approximate surface area is 231 Å². The number of fused-ring (bicyclic) bond motifs is 1. The van der Waals surface area contributed by atoms with Crippen molar-refractivity contribution in [1.29, 1.82) is 5.26 Å². The molecule has 0 radical (unpaired) electrons. The maximum absolute atomic E-state index is 13.3. The van der Waals surface area contributed by atoms with Crippen molar-refractivity contribution in [3.63, 3.8) is 0 Å². The summed E-state index contributed by atoms with van der Waals surface area (Å²) in [5, 5.41) is 10.2. The van der Waals surface area contributed by atoms with Crippen molar-refractivity contribution in [3.05, 3.63) is 105 Å². The van der Waals surface area contributed by atoms with E-state index in [9.17, 15) is 14.9 Å². The van der Waals surface area contributed by atoms with Crippen LogP contribution in [0.15, 0.2) is 104 Å². The molecule has 2 N–H and O–H groups in total. The topological polar surface area (TPSA) is 132 Å². The Kier molecular flexibility index (Phi) is 6.92. The summed E-state index contributed by atoms with van der Waals surface area (Å²) < 4.78 is 17.0. The van der Waals surface area contributed by atoms with Gasteiger partial charge in [-0.05, 0) is 42.0 Å². The number of methoxy groups -OCH3 is 2. The van der Waals surface area contributed by atoms with E-state index < -0.39 is 17.9 Å². The van der Waals surface area contributed by atoms with E-state index >= 15 is 0 Å². The first-order chi connectivity index (χ1) is 18.9. The third kappa shape index (κ3) is 4.53. The number of hydrogen-bond donors (Lipinski definition) is 1. The molecule has 0 fully saturated rings. The quantitative estimate of drug-likeness (QED) is 0.316. The van der Waals surface area contributed by atoms with Crippen LogP contribution in [0, 0.1) is 11.3 Å². The van der Waals surface area contributed by atoms with Gasteiger partial charge in [0, 0.05) is 10.0 Å². The van der Waals surface area contributed by atoms with E-state index in [0.29, 0.717) is 28.2 Å². The number of allylic oxidation sites excluding steroid dienone is 1. The van der Waals surface area contributed by atoms with Crippen molar-refractivity contribution >= 4 is 44.7 Å².